The smallest absolute Gasteiger partial charge is 0.198 e. The molecule has 322 valence electrons. The maximum atomic E-state index is 4.15. The molecule has 0 radical (unpaired) electrons. The van der Waals surface area contributed by atoms with Crippen LogP contribution >= 0.6 is 0 Å². The van der Waals surface area contributed by atoms with Crippen LogP contribution in [0.4, 0.5) is 28.4 Å². The SMILES string of the molecule is CC1(C)CCC(C)(C)c2cc(Nc3cc4c(cc3-c3cc5ccccc5c5c3Bc3cccc6c3N5c3ccccc3C63c5ccccc5-c5ccccc53)C(C)(C)c3ccccc3-4)ccc21. The molecule has 5 aliphatic rings. The summed E-state index contributed by atoms with van der Waals surface area (Å²) in [5.74, 6) is 0. The Morgan fingerprint density at radius 2 is 1.04 bits per heavy atom. The molecule has 1 spiro atoms. The van der Waals surface area contributed by atoms with E-state index in [0.29, 0.717) is 0 Å². The first kappa shape index (κ1) is 39.1. The van der Waals surface area contributed by atoms with Crippen molar-refractivity contribution >= 4 is 57.4 Å². The lowest BCUT2D eigenvalue weighted by atomic mass is 9.54. The number of benzene rings is 9. The van der Waals surface area contributed by atoms with Gasteiger partial charge in [0.2, 0.25) is 0 Å². The highest BCUT2D eigenvalue weighted by Crippen LogP contribution is 2.64. The molecular weight excluding hydrogens is 808 g/mol. The zero-order chi connectivity index (χ0) is 45.2. The Kier molecular flexibility index (Phi) is 7.76. The number of hydrogen-bond donors (Lipinski definition) is 1. The van der Waals surface area contributed by atoms with Crippen molar-refractivity contribution in [2.75, 3.05) is 10.2 Å². The highest BCUT2D eigenvalue weighted by Gasteiger charge is 2.53. The largest absolute Gasteiger partial charge is 0.355 e. The molecule has 0 atom stereocenters. The van der Waals surface area contributed by atoms with Crippen LogP contribution in [0.1, 0.15) is 98.9 Å². The number of rotatable bonds is 3. The normalized spacial score (nSPS) is 17.3. The maximum Gasteiger partial charge on any atom is 0.198 e. The van der Waals surface area contributed by atoms with Gasteiger partial charge in [0, 0.05) is 39.1 Å². The van der Waals surface area contributed by atoms with Crippen LogP contribution < -0.4 is 21.1 Å². The maximum absolute atomic E-state index is 4.15. The summed E-state index contributed by atoms with van der Waals surface area (Å²) < 4.78 is 0. The van der Waals surface area contributed by atoms with Crippen molar-refractivity contribution in [1.29, 1.82) is 0 Å². The molecule has 0 aromatic heterocycles. The minimum absolute atomic E-state index is 0.0991. The van der Waals surface area contributed by atoms with Gasteiger partial charge in [-0.25, -0.2) is 0 Å². The Bertz CT molecular complexity index is 3600. The molecule has 2 heterocycles. The minimum Gasteiger partial charge on any atom is -0.355 e. The summed E-state index contributed by atoms with van der Waals surface area (Å²) in [7, 11) is 0.818. The molecule has 2 aliphatic heterocycles. The van der Waals surface area contributed by atoms with Gasteiger partial charge in [-0.3, -0.25) is 0 Å². The zero-order valence-corrected chi connectivity index (χ0v) is 39.3. The third-order valence-corrected chi connectivity index (χ3v) is 17.1. The van der Waals surface area contributed by atoms with E-state index in [4.69, 9.17) is 0 Å². The summed E-state index contributed by atoms with van der Waals surface area (Å²) in [6.45, 7) is 14.5. The Balaban J connectivity index is 1.04. The van der Waals surface area contributed by atoms with Crippen LogP contribution in [-0.4, -0.2) is 7.28 Å². The quantitative estimate of drug-likeness (QED) is 0.178. The van der Waals surface area contributed by atoms with Gasteiger partial charge >= 0.3 is 0 Å². The van der Waals surface area contributed by atoms with Crippen LogP contribution in [-0.2, 0) is 21.7 Å². The molecule has 2 nitrogen and oxygen atoms in total. The van der Waals surface area contributed by atoms with Crippen LogP contribution in [0.3, 0.4) is 0 Å². The van der Waals surface area contributed by atoms with Gasteiger partial charge in [0.1, 0.15) is 0 Å². The van der Waals surface area contributed by atoms with Crippen molar-refractivity contribution < 1.29 is 0 Å². The first-order valence-corrected chi connectivity index (χ1v) is 24.4. The molecule has 3 aliphatic carbocycles. The molecule has 67 heavy (non-hydrogen) atoms. The minimum atomic E-state index is -0.452. The van der Waals surface area contributed by atoms with E-state index in [1.54, 1.807) is 0 Å². The Hall–Kier alpha value is -7.10. The fourth-order valence-electron chi connectivity index (χ4n) is 13.7. The van der Waals surface area contributed by atoms with Crippen molar-refractivity contribution in [1.82, 2.24) is 0 Å². The summed E-state index contributed by atoms with van der Waals surface area (Å²) in [5, 5.41) is 6.68. The molecule has 0 fully saturated rings. The monoisotopic (exact) mass is 860 g/mol. The molecule has 9 aromatic rings. The molecular formula is C64H53BN2. The third-order valence-electron chi connectivity index (χ3n) is 17.1. The van der Waals surface area contributed by atoms with Crippen molar-refractivity contribution in [3.8, 4) is 33.4 Å². The van der Waals surface area contributed by atoms with Gasteiger partial charge in [-0.15, -0.1) is 0 Å². The van der Waals surface area contributed by atoms with E-state index in [1.807, 2.05) is 0 Å². The molecule has 3 heteroatoms. The van der Waals surface area contributed by atoms with Crippen LogP contribution in [0.5, 0.6) is 0 Å². The van der Waals surface area contributed by atoms with Crippen molar-refractivity contribution in [2.24, 2.45) is 0 Å². The highest BCUT2D eigenvalue weighted by atomic mass is 15.2. The van der Waals surface area contributed by atoms with E-state index in [2.05, 4.69) is 228 Å². The van der Waals surface area contributed by atoms with Gasteiger partial charge in [-0.1, -0.05) is 187 Å². The van der Waals surface area contributed by atoms with E-state index in [0.717, 1.165) is 18.7 Å². The fraction of sp³-hybridized carbons (Fsp3) is 0.188. The van der Waals surface area contributed by atoms with E-state index in [9.17, 15) is 0 Å². The Labute approximate surface area is 395 Å². The molecule has 0 amide bonds. The van der Waals surface area contributed by atoms with Crippen LogP contribution in [0.2, 0.25) is 0 Å². The average Bonchev–Trinajstić information content (AvgIpc) is 3.76. The van der Waals surface area contributed by atoms with Gasteiger partial charge in [0.25, 0.3) is 0 Å². The number of fused-ring (bicyclic) bond motifs is 17. The van der Waals surface area contributed by atoms with Crippen LogP contribution in [0.25, 0.3) is 44.2 Å². The number of para-hydroxylation sites is 2. The molecule has 0 saturated heterocycles. The first-order valence-electron chi connectivity index (χ1n) is 24.4. The van der Waals surface area contributed by atoms with Crippen LogP contribution in [0, 0.1) is 0 Å². The predicted molar refractivity (Wildman–Crippen MR) is 284 cm³/mol. The third kappa shape index (κ3) is 5.07. The Morgan fingerprint density at radius 1 is 0.433 bits per heavy atom. The van der Waals surface area contributed by atoms with Gasteiger partial charge < -0.3 is 10.2 Å². The summed E-state index contributed by atoms with van der Waals surface area (Å²) in [6, 6.07) is 67.7. The van der Waals surface area contributed by atoms with Gasteiger partial charge in [-0.05, 0) is 143 Å². The van der Waals surface area contributed by atoms with Crippen molar-refractivity contribution in [3.05, 3.63) is 220 Å². The van der Waals surface area contributed by atoms with Crippen molar-refractivity contribution in [3.63, 3.8) is 0 Å². The van der Waals surface area contributed by atoms with Crippen LogP contribution in [0.15, 0.2) is 176 Å². The zero-order valence-electron chi connectivity index (χ0n) is 39.3. The van der Waals surface area contributed by atoms with E-state index in [1.165, 1.54) is 129 Å². The predicted octanol–water partition coefficient (Wildman–Crippen LogP) is 14.8. The lowest BCUT2D eigenvalue weighted by Gasteiger charge is -2.48. The average molecular weight is 861 g/mol. The van der Waals surface area contributed by atoms with E-state index < -0.39 is 5.41 Å². The molecule has 14 rings (SSSR count). The lowest BCUT2D eigenvalue weighted by molar-refractivity contribution is 0.332. The molecule has 0 saturated carbocycles. The van der Waals surface area contributed by atoms with E-state index >= 15 is 0 Å². The second-order valence-electron chi connectivity index (χ2n) is 21.9. The first-order chi connectivity index (χ1) is 32.5. The van der Waals surface area contributed by atoms with E-state index in [-0.39, 0.29) is 16.2 Å². The Morgan fingerprint density at radius 3 is 1.79 bits per heavy atom. The molecule has 1 N–H and O–H groups in total. The summed E-state index contributed by atoms with van der Waals surface area (Å²) in [4.78, 5) is 2.67. The number of hydrogen-bond acceptors (Lipinski definition) is 2. The number of anilines is 5. The number of nitrogens with zero attached hydrogens (tertiary/aromatic N) is 1. The molecule has 0 unspecified atom stereocenters. The summed E-state index contributed by atoms with van der Waals surface area (Å²) >= 11 is 0. The second-order valence-corrected chi connectivity index (χ2v) is 21.9. The van der Waals surface area contributed by atoms with Gasteiger partial charge in [0.05, 0.1) is 11.1 Å². The standard InChI is InChI=1S/C64H53BN2/c1-61(2)32-33-62(3,4)54-35-39(30-31-50(54)61)66-56-37-44-43-22-9-12-23-47(43)63(5,6)53(44)36-45(56)46-34-38-18-7-8-19-40(38)59-58(46)65-55-28-17-27-52-60(55)67(59)57-29-16-15-26-51(57)64(52)48-24-13-10-20-41(48)42-21-11-14-25-49(42)64/h7-31,34-37,65-66H,32-33H2,1-6H3. The second kappa shape index (κ2) is 13.3. The van der Waals surface area contributed by atoms with Crippen molar-refractivity contribution in [2.45, 2.75) is 76.0 Å². The summed E-state index contributed by atoms with van der Waals surface area (Å²) in [6.07, 6.45) is 2.38. The topological polar surface area (TPSA) is 15.3 Å². The summed E-state index contributed by atoms with van der Waals surface area (Å²) in [5.41, 5.74) is 27.5. The molecule has 0 bridgehead atoms. The lowest BCUT2D eigenvalue weighted by Crippen LogP contribution is -2.47. The highest BCUT2D eigenvalue weighted by molar-refractivity contribution is 6.74. The van der Waals surface area contributed by atoms with Gasteiger partial charge in [-0.2, -0.15) is 0 Å². The molecule has 9 aromatic carbocycles. The fourth-order valence-corrected chi connectivity index (χ4v) is 13.7. The number of nitrogens with one attached hydrogen (secondary N) is 1. The van der Waals surface area contributed by atoms with Gasteiger partial charge in [0.15, 0.2) is 7.28 Å².